The zero-order valence-corrected chi connectivity index (χ0v) is 32.1. The Kier molecular flexibility index (Phi) is 13.0. The molecule has 0 aliphatic carbocycles. The van der Waals surface area contributed by atoms with Gasteiger partial charge in [0.1, 0.15) is 11.0 Å². The van der Waals surface area contributed by atoms with E-state index in [0.29, 0.717) is 66.1 Å². The van der Waals surface area contributed by atoms with E-state index in [0.717, 1.165) is 61.8 Å². The van der Waals surface area contributed by atoms with Crippen molar-refractivity contribution in [2.45, 2.75) is 68.2 Å². The highest BCUT2D eigenvalue weighted by Crippen LogP contribution is 2.34. The Hall–Kier alpha value is -4.73. The number of hydrogen-bond donors (Lipinski definition) is 1. The first-order valence-electron chi connectivity index (χ1n) is 18.4. The molecule has 3 aliphatic rings. The first kappa shape index (κ1) is 39.0. The van der Waals surface area contributed by atoms with Gasteiger partial charge in [0.25, 0.3) is 0 Å². The highest BCUT2D eigenvalue weighted by Gasteiger charge is 2.30. The summed E-state index contributed by atoms with van der Waals surface area (Å²) in [5.74, 6) is 0.815. The average molecular weight is 769 g/mol. The number of carbonyl (C=O) groups is 2. The number of piperidine rings is 2. The van der Waals surface area contributed by atoms with Gasteiger partial charge in [-0.15, -0.1) is 0 Å². The van der Waals surface area contributed by atoms with Gasteiger partial charge in [-0.25, -0.2) is 13.3 Å². The van der Waals surface area contributed by atoms with Gasteiger partial charge in [-0.3, -0.25) is 29.7 Å². The minimum absolute atomic E-state index is 0.0934. The Morgan fingerprint density at radius 2 is 1.89 bits per heavy atom. The number of imide groups is 1. The van der Waals surface area contributed by atoms with E-state index in [9.17, 15) is 24.3 Å². The van der Waals surface area contributed by atoms with E-state index in [1.165, 1.54) is 16.7 Å². The van der Waals surface area contributed by atoms with E-state index >= 15 is 0 Å². The molecule has 15 heteroatoms. The van der Waals surface area contributed by atoms with Gasteiger partial charge in [0.2, 0.25) is 5.91 Å². The fourth-order valence-electron chi connectivity index (χ4n) is 7.69. The van der Waals surface area contributed by atoms with Gasteiger partial charge in [0, 0.05) is 63.9 Å². The highest BCUT2D eigenvalue weighted by atomic mass is 35.5. The number of aryl methyl sites for hydroxylation is 1. The third-order valence-corrected chi connectivity index (χ3v) is 12.3. The molecule has 4 heterocycles. The molecule has 3 aliphatic heterocycles. The normalized spacial score (nSPS) is 19.5. The monoisotopic (exact) mass is 768 g/mol. The molecular formula is C39H45ClN10O3S. The summed E-state index contributed by atoms with van der Waals surface area (Å²) in [7, 11) is 0.500. The molecule has 3 saturated heterocycles. The van der Waals surface area contributed by atoms with E-state index in [-0.39, 0.29) is 24.3 Å². The van der Waals surface area contributed by atoms with Crippen LogP contribution in [0.1, 0.15) is 67.6 Å². The van der Waals surface area contributed by atoms with Crippen LogP contribution in [0.15, 0.2) is 62.5 Å². The van der Waals surface area contributed by atoms with Crippen LogP contribution >= 0.6 is 11.6 Å². The SMILES string of the molecule is C=N/C=C(/Cl)C=NC1CCN(S(=O)c2ccc(C#N)c(CC(CCC#N)CN3CCC(c4ccc5c(N6CCC(=O)NC6=O)nn(C)c5c4)CC3)c2)CC1. The molecule has 2 atom stereocenters. The van der Waals surface area contributed by atoms with E-state index < -0.39 is 17.0 Å². The van der Waals surface area contributed by atoms with Crippen LogP contribution in [0.2, 0.25) is 0 Å². The molecule has 0 spiro atoms. The zero-order chi connectivity index (χ0) is 38.2. The second kappa shape index (κ2) is 18.1. The van der Waals surface area contributed by atoms with Crippen LogP contribution in [0.25, 0.3) is 10.9 Å². The number of nitrogens with zero attached hydrogens (tertiary/aromatic N) is 9. The molecule has 0 radical (unpaired) electrons. The standard InChI is InChI=1S/C39H45ClN10O3S/c1-43-24-32(40)25-44-33-11-17-49(18-12-33)54(53)34-7-5-30(23-42)31(21-34)20-27(4-3-14-41)26-48-15-9-28(10-16-48)29-6-8-35-36(22-29)47(2)46-38(35)50-19-13-37(51)45-39(50)52/h5-8,21-22,24-25,27-28,33H,1,3-4,9-13,15-20,26H2,2H3,(H,45,51,52)/b32-24+,44-25?. The average Bonchev–Trinajstić information content (AvgIpc) is 3.51. The van der Waals surface area contributed by atoms with Crippen molar-refractivity contribution in [1.82, 2.24) is 24.3 Å². The summed E-state index contributed by atoms with van der Waals surface area (Å²) >= 11 is 6.05. The van der Waals surface area contributed by atoms with E-state index in [1.807, 2.05) is 23.5 Å². The lowest BCUT2D eigenvalue weighted by Gasteiger charge is -2.34. The second-order valence-electron chi connectivity index (χ2n) is 14.1. The maximum absolute atomic E-state index is 13.7. The summed E-state index contributed by atoms with van der Waals surface area (Å²) in [4.78, 5) is 37.0. The van der Waals surface area contributed by atoms with Crippen LogP contribution in [0, 0.1) is 28.6 Å². The van der Waals surface area contributed by atoms with Gasteiger partial charge < -0.3 is 4.90 Å². The number of benzene rings is 2. The van der Waals surface area contributed by atoms with Gasteiger partial charge in [0.15, 0.2) is 5.82 Å². The molecule has 3 fully saturated rings. The summed E-state index contributed by atoms with van der Waals surface area (Å²) in [6, 6.07) is 16.1. The molecule has 0 bridgehead atoms. The quantitative estimate of drug-likeness (QED) is 0.222. The number of rotatable bonds is 13. The van der Waals surface area contributed by atoms with E-state index in [2.05, 4.69) is 56.3 Å². The number of allylic oxidation sites excluding steroid dienone is 1. The van der Waals surface area contributed by atoms with Crippen LogP contribution in [0.5, 0.6) is 0 Å². The fourth-order valence-corrected chi connectivity index (χ4v) is 9.08. The summed E-state index contributed by atoms with van der Waals surface area (Å²) in [5.41, 5.74) is 3.62. The van der Waals surface area contributed by atoms with Gasteiger partial charge in [0.05, 0.1) is 39.2 Å². The van der Waals surface area contributed by atoms with Crippen LogP contribution in [-0.4, -0.2) is 93.4 Å². The van der Waals surface area contributed by atoms with Crippen molar-refractivity contribution < 1.29 is 13.8 Å². The minimum atomic E-state index is -1.37. The van der Waals surface area contributed by atoms with Crippen molar-refractivity contribution in [3.63, 3.8) is 0 Å². The summed E-state index contributed by atoms with van der Waals surface area (Å²) < 4.78 is 17.5. The number of likely N-dealkylation sites (tertiary alicyclic amines) is 1. The summed E-state index contributed by atoms with van der Waals surface area (Å²) in [6.45, 7) is 7.59. The molecule has 54 heavy (non-hydrogen) atoms. The maximum atomic E-state index is 13.7. The van der Waals surface area contributed by atoms with Crippen LogP contribution in [-0.2, 0) is 29.2 Å². The summed E-state index contributed by atoms with van der Waals surface area (Å²) in [6.07, 6.45) is 8.52. The Morgan fingerprint density at radius 3 is 2.59 bits per heavy atom. The number of halogens is 1. The number of amides is 3. The lowest BCUT2D eigenvalue weighted by atomic mass is 9.87. The maximum Gasteiger partial charge on any atom is 0.329 e. The van der Waals surface area contributed by atoms with Gasteiger partial charge in [-0.05, 0) is 112 Å². The number of fused-ring (bicyclic) bond motifs is 1. The molecule has 2 unspecified atom stereocenters. The van der Waals surface area contributed by atoms with Crippen LogP contribution in [0.4, 0.5) is 10.6 Å². The Balaban J connectivity index is 1.07. The van der Waals surface area contributed by atoms with Crippen molar-refractivity contribution in [3.8, 4) is 12.1 Å². The zero-order valence-electron chi connectivity index (χ0n) is 30.5. The predicted octanol–water partition coefficient (Wildman–Crippen LogP) is 5.57. The van der Waals surface area contributed by atoms with Crippen LogP contribution in [0.3, 0.4) is 0 Å². The van der Waals surface area contributed by atoms with Crippen molar-refractivity contribution >= 4 is 64.2 Å². The van der Waals surface area contributed by atoms with E-state index in [1.54, 1.807) is 23.0 Å². The Bertz CT molecular complexity index is 2050. The largest absolute Gasteiger partial charge is 0.329 e. The molecule has 282 valence electrons. The first-order valence-corrected chi connectivity index (χ1v) is 19.9. The Labute approximate surface area is 323 Å². The number of carbonyl (C=O) groups excluding carboxylic acids is 2. The van der Waals surface area contributed by atoms with Gasteiger partial charge in [-0.1, -0.05) is 17.7 Å². The number of nitriles is 2. The lowest BCUT2D eigenvalue weighted by Crippen LogP contribution is -2.49. The first-order chi connectivity index (χ1) is 26.2. The van der Waals surface area contributed by atoms with Crippen molar-refractivity contribution in [3.05, 3.63) is 64.3 Å². The number of aromatic nitrogens is 2. The van der Waals surface area contributed by atoms with Crippen molar-refractivity contribution in [1.29, 1.82) is 10.5 Å². The minimum Gasteiger partial charge on any atom is -0.303 e. The third-order valence-electron chi connectivity index (χ3n) is 10.6. The molecule has 0 saturated carbocycles. The second-order valence-corrected chi connectivity index (χ2v) is 16.1. The number of aliphatic imine (C=N–C) groups is 2. The molecule has 1 aromatic heterocycles. The lowest BCUT2D eigenvalue weighted by molar-refractivity contribution is -0.120. The number of nitrogens with one attached hydrogen (secondary N) is 1. The molecule has 13 nitrogen and oxygen atoms in total. The molecule has 3 amide bonds. The Morgan fingerprint density at radius 1 is 1.11 bits per heavy atom. The predicted molar refractivity (Wildman–Crippen MR) is 211 cm³/mol. The molecule has 2 aromatic carbocycles. The highest BCUT2D eigenvalue weighted by molar-refractivity contribution is 7.82. The van der Waals surface area contributed by atoms with Gasteiger partial charge >= 0.3 is 6.03 Å². The van der Waals surface area contributed by atoms with Crippen LogP contribution < -0.4 is 10.2 Å². The number of hydrogen-bond acceptors (Lipinski definition) is 9. The smallest absolute Gasteiger partial charge is 0.303 e. The third kappa shape index (κ3) is 9.31. The van der Waals surface area contributed by atoms with Gasteiger partial charge in [-0.2, -0.15) is 15.6 Å². The topological polar surface area (TPSA) is 163 Å². The molecule has 6 rings (SSSR count). The molecule has 3 aromatic rings. The molecule has 1 N–H and O–H groups in total. The fraction of sp³-hybridized carbons (Fsp3) is 0.462. The number of anilines is 1. The summed E-state index contributed by atoms with van der Waals surface area (Å²) in [5, 5.41) is 27.8. The molecular weight excluding hydrogens is 724 g/mol. The van der Waals surface area contributed by atoms with Crippen molar-refractivity contribution in [2.75, 3.05) is 44.2 Å². The van der Waals surface area contributed by atoms with Crippen molar-refractivity contribution in [2.24, 2.45) is 23.0 Å². The van der Waals surface area contributed by atoms with E-state index in [4.69, 9.17) is 11.6 Å². The number of urea groups is 1.